The molecule has 2 aromatic rings. The number of nitrogens with two attached hydrogens (primary N) is 1. The first kappa shape index (κ1) is 13.1. The molecular formula is C13H16FN3S. The first-order valence-corrected chi connectivity index (χ1v) is 6.60. The summed E-state index contributed by atoms with van der Waals surface area (Å²) in [7, 11) is 1.88. The van der Waals surface area contributed by atoms with Gasteiger partial charge in [-0.05, 0) is 31.2 Å². The van der Waals surface area contributed by atoms with E-state index in [0.29, 0.717) is 0 Å². The van der Waals surface area contributed by atoms with E-state index in [9.17, 15) is 4.39 Å². The minimum atomic E-state index is -0.224. The monoisotopic (exact) mass is 265 g/mol. The Morgan fingerprint density at radius 3 is 2.50 bits per heavy atom. The summed E-state index contributed by atoms with van der Waals surface area (Å²) in [6.45, 7) is 1.97. The van der Waals surface area contributed by atoms with Crippen molar-refractivity contribution in [2.45, 2.75) is 23.1 Å². The summed E-state index contributed by atoms with van der Waals surface area (Å²) in [5, 5.41) is 4.28. The van der Waals surface area contributed by atoms with Crippen LogP contribution in [0.3, 0.4) is 0 Å². The van der Waals surface area contributed by atoms with Crippen molar-refractivity contribution >= 4 is 11.8 Å². The average Bonchev–Trinajstić information content (AvgIpc) is 2.74. The minimum Gasteiger partial charge on any atom is -0.327 e. The normalized spacial score (nSPS) is 14.4. The van der Waals surface area contributed by atoms with Gasteiger partial charge in [-0.2, -0.15) is 5.10 Å². The van der Waals surface area contributed by atoms with Crippen LogP contribution >= 0.6 is 11.8 Å². The van der Waals surface area contributed by atoms with E-state index >= 15 is 0 Å². The van der Waals surface area contributed by atoms with Crippen molar-refractivity contribution in [1.82, 2.24) is 9.78 Å². The van der Waals surface area contributed by atoms with E-state index in [1.54, 1.807) is 28.6 Å². The number of aryl methyl sites for hydroxylation is 1. The number of benzene rings is 1. The highest BCUT2D eigenvalue weighted by atomic mass is 32.2. The van der Waals surface area contributed by atoms with Gasteiger partial charge in [-0.3, -0.25) is 4.68 Å². The molecule has 0 bridgehead atoms. The van der Waals surface area contributed by atoms with Crippen LogP contribution in [0.1, 0.15) is 17.7 Å². The molecule has 2 rings (SSSR count). The molecule has 0 radical (unpaired) electrons. The van der Waals surface area contributed by atoms with Gasteiger partial charge in [0.1, 0.15) is 5.82 Å². The second-order valence-electron chi connectivity index (χ2n) is 4.30. The fraction of sp³-hybridized carbons (Fsp3) is 0.308. The first-order chi connectivity index (χ1) is 8.56. The van der Waals surface area contributed by atoms with Crippen LogP contribution in [-0.2, 0) is 7.05 Å². The largest absolute Gasteiger partial charge is 0.327 e. The molecule has 0 saturated carbocycles. The lowest BCUT2D eigenvalue weighted by atomic mass is 10.1. The molecule has 1 heterocycles. The highest BCUT2D eigenvalue weighted by molar-refractivity contribution is 7.99. The summed E-state index contributed by atoms with van der Waals surface area (Å²) < 4.78 is 14.6. The third-order valence-corrected chi connectivity index (χ3v) is 4.11. The molecule has 0 aliphatic carbocycles. The topological polar surface area (TPSA) is 43.8 Å². The number of hydrogen-bond donors (Lipinski definition) is 1. The molecule has 2 N–H and O–H groups in total. The average molecular weight is 265 g/mol. The van der Waals surface area contributed by atoms with Gasteiger partial charge in [0.05, 0.1) is 11.4 Å². The van der Waals surface area contributed by atoms with E-state index < -0.39 is 0 Å². The first-order valence-electron chi connectivity index (χ1n) is 5.72. The van der Waals surface area contributed by atoms with Gasteiger partial charge in [0.2, 0.25) is 0 Å². The molecule has 1 aromatic carbocycles. The van der Waals surface area contributed by atoms with Gasteiger partial charge in [-0.25, -0.2) is 4.39 Å². The Morgan fingerprint density at radius 1 is 1.33 bits per heavy atom. The molecule has 0 spiro atoms. The third kappa shape index (κ3) is 3.11. The van der Waals surface area contributed by atoms with Crippen LogP contribution in [0.25, 0.3) is 0 Å². The molecule has 0 saturated heterocycles. The van der Waals surface area contributed by atoms with E-state index in [1.807, 2.05) is 26.4 Å². The Balaban J connectivity index is 2.19. The van der Waals surface area contributed by atoms with Crippen molar-refractivity contribution in [2.24, 2.45) is 12.8 Å². The molecule has 1 aromatic heterocycles. The van der Waals surface area contributed by atoms with Crippen LogP contribution < -0.4 is 5.73 Å². The van der Waals surface area contributed by atoms with E-state index in [0.717, 1.165) is 10.5 Å². The van der Waals surface area contributed by atoms with Gasteiger partial charge in [0.15, 0.2) is 0 Å². The predicted octanol–water partition coefficient (Wildman–Crippen LogP) is 2.74. The second kappa shape index (κ2) is 5.54. The van der Waals surface area contributed by atoms with Crippen LogP contribution in [0.4, 0.5) is 4.39 Å². The molecule has 2 unspecified atom stereocenters. The fourth-order valence-corrected chi connectivity index (χ4v) is 2.78. The van der Waals surface area contributed by atoms with Crippen molar-refractivity contribution in [3.63, 3.8) is 0 Å². The fourth-order valence-electron chi connectivity index (χ4n) is 1.73. The Kier molecular flexibility index (Phi) is 4.04. The minimum absolute atomic E-state index is 0.00995. The Labute approximate surface area is 110 Å². The highest BCUT2D eigenvalue weighted by Crippen LogP contribution is 2.36. The second-order valence-corrected chi connectivity index (χ2v) is 5.51. The lowest BCUT2D eigenvalue weighted by Gasteiger charge is -2.18. The smallest absolute Gasteiger partial charge is 0.123 e. The Hall–Kier alpha value is -1.33. The van der Waals surface area contributed by atoms with Gasteiger partial charge >= 0.3 is 0 Å². The Bertz CT molecular complexity index is 507. The van der Waals surface area contributed by atoms with Gasteiger partial charge in [0.25, 0.3) is 0 Å². The van der Waals surface area contributed by atoms with Crippen molar-refractivity contribution in [3.8, 4) is 0 Å². The van der Waals surface area contributed by atoms with Crippen LogP contribution in [0.2, 0.25) is 0 Å². The molecule has 0 fully saturated rings. The van der Waals surface area contributed by atoms with Crippen molar-refractivity contribution < 1.29 is 4.39 Å². The molecule has 0 aliphatic heterocycles. The summed E-state index contributed by atoms with van der Waals surface area (Å²) in [4.78, 5) is 1.00. The van der Waals surface area contributed by atoms with Crippen LogP contribution in [0, 0.1) is 5.82 Å². The zero-order chi connectivity index (χ0) is 13.1. The number of rotatable bonds is 4. The van der Waals surface area contributed by atoms with E-state index in [4.69, 9.17) is 5.73 Å². The maximum Gasteiger partial charge on any atom is 0.123 e. The highest BCUT2D eigenvalue weighted by Gasteiger charge is 2.19. The Morgan fingerprint density at radius 2 is 2.00 bits per heavy atom. The van der Waals surface area contributed by atoms with E-state index in [1.165, 1.54) is 12.1 Å². The van der Waals surface area contributed by atoms with E-state index in [-0.39, 0.29) is 17.1 Å². The lowest BCUT2D eigenvalue weighted by Crippen LogP contribution is -2.22. The maximum absolute atomic E-state index is 12.9. The van der Waals surface area contributed by atoms with Gasteiger partial charge in [0, 0.05) is 29.7 Å². The quantitative estimate of drug-likeness (QED) is 0.864. The standard InChI is InChI=1S/C13H16FN3S/c1-9(15)13(10-7-16-17(2)8-10)18-12-5-3-11(14)4-6-12/h3-9,13H,15H2,1-2H3. The summed E-state index contributed by atoms with van der Waals surface area (Å²) in [5.41, 5.74) is 7.11. The zero-order valence-electron chi connectivity index (χ0n) is 10.4. The van der Waals surface area contributed by atoms with Gasteiger partial charge in [-0.15, -0.1) is 11.8 Å². The number of thioether (sulfide) groups is 1. The number of halogens is 1. The SMILES string of the molecule is CC(N)C(Sc1ccc(F)cc1)c1cnn(C)c1. The summed E-state index contributed by atoms with van der Waals surface area (Å²) in [5.74, 6) is -0.224. The molecule has 3 nitrogen and oxygen atoms in total. The predicted molar refractivity (Wildman–Crippen MR) is 71.9 cm³/mol. The van der Waals surface area contributed by atoms with Crippen molar-refractivity contribution in [3.05, 3.63) is 48.0 Å². The van der Waals surface area contributed by atoms with Crippen LogP contribution in [0.15, 0.2) is 41.6 Å². The number of nitrogens with zero attached hydrogens (tertiary/aromatic N) is 2. The summed E-state index contributed by atoms with van der Waals surface area (Å²) >= 11 is 1.63. The molecule has 0 amide bonds. The van der Waals surface area contributed by atoms with Crippen molar-refractivity contribution in [2.75, 3.05) is 0 Å². The van der Waals surface area contributed by atoms with Crippen molar-refractivity contribution in [1.29, 1.82) is 0 Å². The van der Waals surface area contributed by atoms with Crippen LogP contribution in [0.5, 0.6) is 0 Å². The third-order valence-electron chi connectivity index (χ3n) is 2.61. The molecule has 5 heteroatoms. The molecule has 2 atom stereocenters. The van der Waals surface area contributed by atoms with Crippen LogP contribution in [-0.4, -0.2) is 15.8 Å². The number of aromatic nitrogens is 2. The lowest BCUT2D eigenvalue weighted by molar-refractivity contribution is 0.626. The molecule has 18 heavy (non-hydrogen) atoms. The van der Waals surface area contributed by atoms with E-state index in [2.05, 4.69) is 5.10 Å². The molecule has 96 valence electrons. The molecular weight excluding hydrogens is 249 g/mol. The molecule has 0 aliphatic rings. The summed E-state index contributed by atoms with van der Waals surface area (Å²) in [6.07, 6.45) is 3.79. The maximum atomic E-state index is 12.9. The van der Waals surface area contributed by atoms with Gasteiger partial charge < -0.3 is 5.73 Å². The van der Waals surface area contributed by atoms with Gasteiger partial charge in [-0.1, -0.05) is 0 Å². The summed E-state index contributed by atoms with van der Waals surface area (Å²) in [6, 6.07) is 6.45. The zero-order valence-corrected chi connectivity index (χ0v) is 11.2. The number of hydrogen-bond acceptors (Lipinski definition) is 3.